The van der Waals surface area contributed by atoms with Gasteiger partial charge in [-0.05, 0) is 30.5 Å². The fraction of sp³-hybridized carbons (Fsp3) is 0.385. The van der Waals surface area contributed by atoms with E-state index in [1.807, 2.05) is 6.07 Å². The van der Waals surface area contributed by atoms with Crippen molar-refractivity contribution in [3.05, 3.63) is 34.9 Å². The highest BCUT2D eigenvalue weighted by atomic mass is 35.5. The van der Waals surface area contributed by atoms with Gasteiger partial charge in [-0.1, -0.05) is 23.7 Å². The lowest BCUT2D eigenvalue weighted by Gasteiger charge is -2.23. The van der Waals surface area contributed by atoms with Crippen LogP contribution in [0.3, 0.4) is 0 Å². The predicted octanol–water partition coefficient (Wildman–Crippen LogP) is 2.77. The summed E-state index contributed by atoms with van der Waals surface area (Å²) in [7, 11) is 1.68. The molecule has 1 fully saturated rings. The van der Waals surface area contributed by atoms with E-state index >= 15 is 0 Å². The van der Waals surface area contributed by atoms with E-state index in [2.05, 4.69) is 6.07 Å². The molecular weight excluding hydrogens is 236 g/mol. The standard InChI is InChI=1S/C13H13ClN2O/c1-16(13(17)9-5-6-9)12(8-15)10-3-2-4-11(14)7-10/h2-4,7,9,12H,5-6H2,1H3. The van der Waals surface area contributed by atoms with Gasteiger partial charge in [0.15, 0.2) is 0 Å². The molecule has 0 radical (unpaired) electrons. The second-order valence-corrected chi connectivity index (χ2v) is 4.75. The van der Waals surface area contributed by atoms with E-state index in [-0.39, 0.29) is 11.8 Å². The largest absolute Gasteiger partial charge is 0.326 e. The summed E-state index contributed by atoms with van der Waals surface area (Å²) in [5.74, 6) is 0.173. The van der Waals surface area contributed by atoms with Crippen molar-refractivity contribution in [2.45, 2.75) is 18.9 Å². The Morgan fingerprint density at radius 1 is 1.59 bits per heavy atom. The Balaban J connectivity index is 2.21. The van der Waals surface area contributed by atoms with Crippen LogP contribution in [-0.4, -0.2) is 17.9 Å². The molecule has 2 rings (SSSR count). The van der Waals surface area contributed by atoms with Crippen molar-refractivity contribution in [3.8, 4) is 6.07 Å². The second-order valence-electron chi connectivity index (χ2n) is 4.31. The summed E-state index contributed by atoms with van der Waals surface area (Å²) >= 11 is 5.89. The minimum Gasteiger partial charge on any atom is -0.326 e. The molecule has 17 heavy (non-hydrogen) atoms. The summed E-state index contributed by atoms with van der Waals surface area (Å²) in [5, 5.41) is 9.78. The van der Waals surface area contributed by atoms with Gasteiger partial charge in [-0.15, -0.1) is 0 Å². The molecule has 0 aromatic heterocycles. The minimum absolute atomic E-state index is 0.0523. The molecule has 1 aromatic carbocycles. The van der Waals surface area contributed by atoms with Gasteiger partial charge < -0.3 is 4.90 Å². The number of benzene rings is 1. The van der Waals surface area contributed by atoms with Crippen molar-refractivity contribution in [2.24, 2.45) is 5.92 Å². The monoisotopic (exact) mass is 248 g/mol. The van der Waals surface area contributed by atoms with Crippen LogP contribution >= 0.6 is 11.6 Å². The van der Waals surface area contributed by atoms with E-state index < -0.39 is 6.04 Å². The second kappa shape index (κ2) is 4.77. The summed E-state index contributed by atoms with van der Waals surface area (Å²) in [6, 6.07) is 8.69. The van der Waals surface area contributed by atoms with Crippen molar-refractivity contribution >= 4 is 17.5 Å². The lowest BCUT2D eigenvalue weighted by molar-refractivity contribution is -0.132. The Hall–Kier alpha value is -1.53. The van der Waals surface area contributed by atoms with Gasteiger partial charge in [0.25, 0.3) is 0 Å². The maximum Gasteiger partial charge on any atom is 0.226 e. The van der Waals surface area contributed by atoms with Gasteiger partial charge in [0.2, 0.25) is 5.91 Å². The molecule has 3 nitrogen and oxygen atoms in total. The quantitative estimate of drug-likeness (QED) is 0.826. The molecule has 1 aliphatic carbocycles. The zero-order chi connectivity index (χ0) is 12.4. The Bertz CT molecular complexity index is 477. The number of amides is 1. The lowest BCUT2D eigenvalue weighted by atomic mass is 10.1. The molecule has 4 heteroatoms. The van der Waals surface area contributed by atoms with Crippen LogP contribution in [-0.2, 0) is 4.79 Å². The molecule has 1 aromatic rings. The topological polar surface area (TPSA) is 44.1 Å². The van der Waals surface area contributed by atoms with Crippen molar-refractivity contribution in [1.82, 2.24) is 4.90 Å². The van der Waals surface area contributed by atoms with E-state index in [0.717, 1.165) is 18.4 Å². The summed E-state index contributed by atoms with van der Waals surface area (Å²) in [6.45, 7) is 0. The van der Waals surface area contributed by atoms with Crippen LogP contribution in [0.1, 0.15) is 24.4 Å². The molecule has 1 atom stereocenters. The number of halogens is 1. The number of hydrogen-bond acceptors (Lipinski definition) is 2. The molecule has 0 spiro atoms. The average Bonchev–Trinajstić information content (AvgIpc) is 3.13. The van der Waals surface area contributed by atoms with Gasteiger partial charge in [-0.2, -0.15) is 5.26 Å². The first-order valence-electron chi connectivity index (χ1n) is 5.55. The third-order valence-corrected chi connectivity index (χ3v) is 3.18. The van der Waals surface area contributed by atoms with Gasteiger partial charge in [-0.25, -0.2) is 0 Å². The molecule has 1 amide bonds. The fourth-order valence-corrected chi connectivity index (χ4v) is 2.01. The van der Waals surface area contributed by atoms with Crippen LogP contribution < -0.4 is 0 Å². The van der Waals surface area contributed by atoms with Crippen LogP contribution in [0.4, 0.5) is 0 Å². The van der Waals surface area contributed by atoms with Gasteiger partial charge in [-0.3, -0.25) is 4.79 Å². The zero-order valence-electron chi connectivity index (χ0n) is 9.56. The van der Waals surface area contributed by atoms with Crippen LogP contribution in [0, 0.1) is 17.2 Å². The summed E-state index contributed by atoms with van der Waals surface area (Å²) < 4.78 is 0. The Kier molecular flexibility index (Phi) is 3.35. The molecular formula is C13H13ClN2O. The number of rotatable bonds is 3. The third-order valence-electron chi connectivity index (χ3n) is 2.95. The van der Waals surface area contributed by atoms with E-state index in [1.165, 1.54) is 4.90 Å². The average molecular weight is 249 g/mol. The maximum atomic E-state index is 11.9. The Labute approximate surface area is 106 Å². The van der Waals surface area contributed by atoms with E-state index in [9.17, 15) is 10.1 Å². The van der Waals surface area contributed by atoms with Crippen molar-refractivity contribution < 1.29 is 4.79 Å². The smallest absolute Gasteiger partial charge is 0.226 e. The normalized spacial score (nSPS) is 16.1. The lowest BCUT2D eigenvalue weighted by Crippen LogP contribution is -2.31. The molecule has 0 N–H and O–H groups in total. The first kappa shape index (κ1) is 11.9. The zero-order valence-corrected chi connectivity index (χ0v) is 10.3. The van der Waals surface area contributed by atoms with Gasteiger partial charge >= 0.3 is 0 Å². The number of carbonyl (C=O) groups is 1. The van der Waals surface area contributed by atoms with Gasteiger partial charge in [0.1, 0.15) is 6.04 Å². The molecule has 0 saturated heterocycles. The van der Waals surface area contributed by atoms with Gasteiger partial charge in [0.05, 0.1) is 6.07 Å². The van der Waals surface area contributed by atoms with Crippen molar-refractivity contribution in [3.63, 3.8) is 0 Å². The first-order valence-corrected chi connectivity index (χ1v) is 5.93. The predicted molar refractivity (Wildman–Crippen MR) is 65.3 cm³/mol. The molecule has 0 bridgehead atoms. The molecule has 0 heterocycles. The number of nitriles is 1. The van der Waals surface area contributed by atoms with E-state index in [1.54, 1.807) is 25.2 Å². The SMILES string of the molecule is CN(C(=O)C1CC1)C(C#N)c1cccc(Cl)c1. The van der Waals surface area contributed by atoms with Crippen molar-refractivity contribution in [2.75, 3.05) is 7.05 Å². The fourth-order valence-electron chi connectivity index (χ4n) is 1.81. The van der Waals surface area contributed by atoms with Crippen LogP contribution in [0.15, 0.2) is 24.3 Å². The molecule has 1 aliphatic rings. The molecule has 0 aliphatic heterocycles. The van der Waals surface area contributed by atoms with Crippen LogP contribution in [0.25, 0.3) is 0 Å². The number of nitrogens with zero attached hydrogens (tertiary/aromatic N) is 2. The Morgan fingerprint density at radius 2 is 2.29 bits per heavy atom. The molecule has 88 valence electrons. The van der Waals surface area contributed by atoms with Gasteiger partial charge in [0, 0.05) is 18.0 Å². The van der Waals surface area contributed by atoms with Crippen LogP contribution in [0.5, 0.6) is 0 Å². The van der Waals surface area contributed by atoms with E-state index in [4.69, 9.17) is 11.6 Å². The molecule has 1 saturated carbocycles. The maximum absolute atomic E-state index is 11.9. The highest BCUT2D eigenvalue weighted by molar-refractivity contribution is 6.30. The summed E-state index contributed by atoms with van der Waals surface area (Å²) in [4.78, 5) is 13.4. The summed E-state index contributed by atoms with van der Waals surface area (Å²) in [5.41, 5.74) is 0.761. The number of hydrogen-bond donors (Lipinski definition) is 0. The summed E-state index contributed by atoms with van der Waals surface area (Å²) in [6.07, 6.45) is 1.88. The van der Waals surface area contributed by atoms with Crippen LogP contribution in [0.2, 0.25) is 5.02 Å². The third kappa shape index (κ3) is 2.59. The minimum atomic E-state index is -0.554. The Morgan fingerprint density at radius 3 is 2.82 bits per heavy atom. The van der Waals surface area contributed by atoms with Crippen molar-refractivity contribution in [1.29, 1.82) is 5.26 Å². The highest BCUT2D eigenvalue weighted by Crippen LogP contribution is 2.33. The first-order chi connectivity index (χ1) is 8.13. The van der Waals surface area contributed by atoms with E-state index in [0.29, 0.717) is 5.02 Å². The highest BCUT2D eigenvalue weighted by Gasteiger charge is 2.35. The molecule has 1 unspecified atom stereocenters. The number of carbonyl (C=O) groups excluding carboxylic acids is 1.